The number of fused-ring (bicyclic) bond motifs is 2. The second-order valence-electron chi connectivity index (χ2n) is 7.70. The Morgan fingerprint density at radius 1 is 1.17 bits per heavy atom. The maximum absolute atomic E-state index is 12.5. The van der Waals surface area contributed by atoms with Crippen molar-refractivity contribution < 1.29 is 9.52 Å². The van der Waals surface area contributed by atoms with Crippen molar-refractivity contribution in [1.82, 2.24) is 14.9 Å². The Morgan fingerprint density at radius 2 is 2.00 bits per heavy atom. The molecule has 1 fully saturated rings. The molecule has 1 N–H and O–H groups in total. The van der Waals surface area contributed by atoms with Crippen molar-refractivity contribution in [3.8, 4) is 0 Å². The third-order valence-corrected chi connectivity index (χ3v) is 5.83. The van der Waals surface area contributed by atoms with E-state index in [0.29, 0.717) is 18.0 Å². The summed E-state index contributed by atoms with van der Waals surface area (Å²) in [6.45, 7) is 3.16. The number of anilines is 2. The van der Waals surface area contributed by atoms with Gasteiger partial charge in [-0.25, -0.2) is 14.8 Å². The van der Waals surface area contributed by atoms with Gasteiger partial charge in [-0.15, -0.1) is 0 Å². The van der Waals surface area contributed by atoms with Gasteiger partial charge in [-0.3, -0.25) is 0 Å². The topological polar surface area (TPSA) is 88.3 Å². The van der Waals surface area contributed by atoms with Crippen LogP contribution in [-0.4, -0.2) is 40.5 Å². The molecule has 0 radical (unpaired) electrons. The molecule has 2 aliphatic rings. The quantitative estimate of drug-likeness (QED) is 0.548. The van der Waals surface area contributed by atoms with Gasteiger partial charge in [0.2, 0.25) is 6.20 Å². The molecule has 0 atom stereocenters. The van der Waals surface area contributed by atoms with Crippen molar-refractivity contribution in [2.45, 2.75) is 19.4 Å². The Hall–Kier alpha value is -3.42. The van der Waals surface area contributed by atoms with Gasteiger partial charge in [-0.2, -0.15) is 4.73 Å². The standard InChI is InChI=1S/C21H22N6O2/c28-21-24-18-4-2-1-3-16(18)12-26(21)11-15-5-8-25(9-6-15)20-17-7-10-27(29)13-19(17)22-14-23-20/h1-4,7,10,13-15H,5-6,8-9,11-12H2,(H,24,28). The molecule has 148 valence electrons. The SMILES string of the molecule is O=C1Nc2ccccc2CN1CC1CCN(c2ncnc3c[n+]([O-])ccc23)CC1. The number of carbonyl (C=O) groups is 1. The van der Waals surface area contributed by atoms with Crippen LogP contribution in [0, 0.1) is 11.1 Å². The van der Waals surface area contributed by atoms with Crippen LogP contribution in [0.15, 0.2) is 49.1 Å². The lowest BCUT2D eigenvalue weighted by Gasteiger charge is -2.37. The molecule has 8 nitrogen and oxygen atoms in total. The molecule has 3 aromatic rings. The van der Waals surface area contributed by atoms with Crippen LogP contribution in [0.4, 0.5) is 16.3 Å². The van der Waals surface area contributed by atoms with Gasteiger partial charge < -0.3 is 20.3 Å². The molecule has 8 heteroatoms. The zero-order valence-electron chi connectivity index (χ0n) is 16.0. The highest BCUT2D eigenvalue weighted by atomic mass is 16.5. The highest BCUT2D eigenvalue weighted by molar-refractivity contribution is 5.92. The fourth-order valence-electron chi connectivity index (χ4n) is 4.26. The zero-order chi connectivity index (χ0) is 19.8. The number of hydrogen-bond donors (Lipinski definition) is 1. The average Bonchev–Trinajstić information content (AvgIpc) is 2.74. The first kappa shape index (κ1) is 17.7. The Labute approximate surface area is 168 Å². The summed E-state index contributed by atoms with van der Waals surface area (Å²) in [6.07, 6.45) is 6.45. The van der Waals surface area contributed by atoms with E-state index in [9.17, 15) is 10.0 Å². The number of piperidine rings is 1. The molecule has 0 aliphatic carbocycles. The van der Waals surface area contributed by atoms with E-state index in [1.54, 1.807) is 6.07 Å². The van der Waals surface area contributed by atoms with E-state index in [-0.39, 0.29) is 6.03 Å². The van der Waals surface area contributed by atoms with Gasteiger partial charge in [0.05, 0.1) is 5.39 Å². The molecule has 0 bridgehead atoms. The number of aromatic nitrogens is 3. The minimum absolute atomic E-state index is 0.0150. The smallest absolute Gasteiger partial charge is 0.322 e. The maximum atomic E-state index is 12.5. The molecule has 5 rings (SSSR count). The van der Waals surface area contributed by atoms with E-state index in [1.807, 2.05) is 23.1 Å². The van der Waals surface area contributed by atoms with Crippen molar-refractivity contribution in [2.75, 3.05) is 29.9 Å². The first-order valence-corrected chi connectivity index (χ1v) is 9.90. The van der Waals surface area contributed by atoms with Crippen LogP contribution in [0.1, 0.15) is 18.4 Å². The van der Waals surface area contributed by atoms with Gasteiger partial charge in [0.15, 0.2) is 6.20 Å². The summed E-state index contributed by atoms with van der Waals surface area (Å²) in [6, 6.07) is 9.73. The summed E-state index contributed by atoms with van der Waals surface area (Å²) in [5.41, 5.74) is 2.73. The second-order valence-corrected chi connectivity index (χ2v) is 7.70. The summed E-state index contributed by atoms with van der Waals surface area (Å²) < 4.78 is 0.757. The van der Waals surface area contributed by atoms with Crippen LogP contribution >= 0.6 is 0 Å². The largest absolute Gasteiger partial charge is 0.619 e. The van der Waals surface area contributed by atoms with Crippen molar-refractivity contribution >= 4 is 28.4 Å². The molecule has 2 aliphatic heterocycles. The number of carbonyl (C=O) groups excluding carboxylic acids is 1. The zero-order valence-corrected chi connectivity index (χ0v) is 16.0. The molecule has 2 amide bonds. The van der Waals surface area contributed by atoms with Gasteiger partial charge >= 0.3 is 6.03 Å². The molecule has 4 heterocycles. The summed E-state index contributed by atoms with van der Waals surface area (Å²) in [5, 5.41) is 15.4. The van der Waals surface area contributed by atoms with Crippen LogP contribution in [0.25, 0.3) is 10.9 Å². The highest BCUT2D eigenvalue weighted by Gasteiger charge is 2.28. The molecule has 0 unspecified atom stereocenters. The second kappa shape index (κ2) is 7.20. The number of pyridine rings is 1. The number of amides is 2. The predicted molar refractivity (Wildman–Crippen MR) is 109 cm³/mol. The fourth-order valence-corrected chi connectivity index (χ4v) is 4.26. The van der Waals surface area contributed by atoms with E-state index in [0.717, 1.165) is 59.7 Å². The van der Waals surface area contributed by atoms with Gasteiger partial charge in [-0.05, 0) is 30.4 Å². The average molecular weight is 390 g/mol. The normalized spacial score (nSPS) is 17.3. The van der Waals surface area contributed by atoms with Gasteiger partial charge in [0.1, 0.15) is 17.7 Å². The van der Waals surface area contributed by atoms with Crippen LogP contribution < -0.4 is 14.9 Å². The number of urea groups is 1. The summed E-state index contributed by atoms with van der Waals surface area (Å²) in [7, 11) is 0. The molecule has 1 aromatic carbocycles. The predicted octanol–water partition coefficient (Wildman–Crippen LogP) is 2.53. The van der Waals surface area contributed by atoms with Crippen LogP contribution in [0.5, 0.6) is 0 Å². The number of para-hydroxylation sites is 1. The van der Waals surface area contributed by atoms with E-state index < -0.39 is 0 Å². The van der Waals surface area contributed by atoms with Crippen LogP contribution in [-0.2, 0) is 6.54 Å². The van der Waals surface area contributed by atoms with E-state index in [1.165, 1.54) is 18.7 Å². The highest BCUT2D eigenvalue weighted by Crippen LogP contribution is 2.29. The molecular weight excluding hydrogens is 368 g/mol. The number of nitrogens with zero attached hydrogens (tertiary/aromatic N) is 5. The Bertz CT molecular complexity index is 1060. The Morgan fingerprint density at radius 3 is 2.86 bits per heavy atom. The van der Waals surface area contributed by atoms with Crippen molar-refractivity contribution in [2.24, 2.45) is 5.92 Å². The first-order chi connectivity index (χ1) is 14.2. The number of rotatable bonds is 3. The minimum atomic E-state index is -0.0150. The summed E-state index contributed by atoms with van der Waals surface area (Å²) in [4.78, 5) is 25.3. The molecular formula is C21H22N6O2. The molecule has 0 saturated carbocycles. The lowest BCUT2D eigenvalue weighted by molar-refractivity contribution is -0.604. The van der Waals surface area contributed by atoms with Crippen molar-refractivity contribution in [3.63, 3.8) is 0 Å². The lowest BCUT2D eigenvalue weighted by atomic mass is 9.95. The maximum Gasteiger partial charge on any atom is 0.322 e. The van der Waals surface area contributed by atoms with Crippen molar-refractivity contribution in [1.29, 1.82) is 0 Å². The number of benzene rings is 1. The van der Waals surface area contributed by atoms with Crippen LogP contribution in [0.2, 0.25) is 0 Å². The molecule has 2 aromatic heterocycles. The van der Waals surface area contributed by atoms with Gasteiger partial charge in [-0.1, -0.05) is 18.2 Å². The summed E-state index contributed by atoms with van der Waals surface area (Å²) in [5.74, 6) is 1.33. The minimum Gasteiger partial charge on any atom is -0.619 e. The van der Waals surface area contributed by atoms with Gasteiger partial charge in [0.25, 0.3) is 0 Å². The van der Waals surface area contributed by atoms with E-state index in [4.69, 9.17) is 0 Å². The lowest BCUT2D eigenvalue weighted by Crippen LogP contribution is -2.44. The summed E-state index contributed by atoms with van der Waals surface area (Å²) >= 11 is 0. The van der Waals surface area contributed by atoms with Crippen molar-refractivity contribution in [3.05, 3.63) is 59.8 Å². The number of hydrogen-bond acceptors (Lipinski definition) is 5. The van der Waals surface area contributed by atoms with Crippen LogP contribution in [0.3, 0.4) is 0 Å². The molecule has 29 heavy (non-hydrogen) atoms. The first-order valence-electron chi connectivity index (χ1n) is 9.90. The Kier molecular flexibility index (Phi) is 4.38. The fraction of sp³-hybridized carbons (Fsp3) is 0.333. The monoisotopic (exact) mass is 390 g/mol. The van der Waals surface area contributed by atoms with Gasteiger partial charge in [0, 0.05) is 37.9 Å². The third-order valence-electron chi connectivity index (χ3n) is 5.83. The molecule has 0 spiro atoms. The molecule has 1 saturated heterocycles. The Balaban J connectivity index is 1.25. The van der Waals surface area contributed by atoms with E-state index >= 15 is 0 Å². The third kappa shape index (κ3) is 3.41. The number of nitrogens with one attached hydrogen (secondary N) is 1. The van der Waals surface area contributed by atoms with E-state index in [2.05, 4.69) is 26.3 Å².